The second-order valence-electron chi connectivity index (χ2n) is 8.12. The van der Waals surface area contributed by atoms with Gasteiger partial charge in [-0.1, -0.05) is 72.8 Å². The van der Waals surface area contributed by atoms with Crippen molar-refractivity contribution in [3.8, 4) is 0 Å². The second kappa shape index (κ2) is 10.9. The molecule has 34 heavy (non-hydrogen) atoms. The van der Waals surface area contributed by atoms with Crippen LogP contribution in [0.2, 0.25) is 0 Å². The molecule has 0 aromatic heterocycles. The van der Waals surface area contributed by atoms with Crippen molar-refractivity contribution < 1.29 is 24.2 Å². The van der Waals surface area contributed by atoms with Gasteiger partial charge in [-0.25, -0.2) is 0 Å². The Morgan fingerprint density at radius 1 is 0.824 bits per heavy atom. The third kappa shape index (κ3) is 5.22. The smallest absolute Gasteiger partial charge is 0.262 e. The Kier molecular flexibility index (Phi) is 7.47. The first-order chi connectivity index (χ1) is 16.6. The molecule has 0 bridgehead atoms. The largest absolute Gasteiger partial charge is 0.394 e. The topological polar surface area (TPSA) is 95.9 Å². The van der Waals surface area contributed by atoms with Crippen LogP contribution in [0.4, 0.5) is 0 Å². The van der Waals surface area contributed by atoms with Gasteiger partial charge in [-0.2, -0.15) is 0 Å². The molecular formula is C27H26N2O5. The second-order valence-corrected chi connectivity index (χ2v) is 8.12. The molecule has 7 nitrogen and oxygen atoms in total. The highest BCUT2D eigenvalue weighted by Crippen LogP contribution is 2.24. The van der Waals surface area contributed by atoms with E-state index in [9.17, 15) is 19.5 Å². The first kappa shape index (κ1) is 23.4. The van der Waals surface area contributed by atoms with E-state index in [2.05, 4.69) is 5.32 Å². The average molecular weight is 459 g/mol. The fourth-order valence-corrected chi connectivity index (χ4v) is 4.01. The van der Waals surface area contributed by atoms with Crippen LogP contribution >= 0.6 is 0 Å². The summed E-state index contributed by atoms with van der Waals surface area (Å²) < 4.78 is 5.86. The monoisotopic (exact) mass is 458 g/mol. The molecule has 174 valence electrons. The summed E-state index contributed by atoms with van der Waals surface area (Å²) >= 11 is 0. The number of carbonyl (C=O) groups excluding carboxylic acids is 3. The zero-order chi connectivity index (χ0) is 23.9. The Morgan fingerprint density at radius 2 is 1.35 bits per heavy atom. The Labute approximate surface area is 198 Å². The van der Waals surface area contributed by atoms with Crippen molar-refractivity contribution >= 4 is 17.7 Å². The maximum absolute atomic E-state index is 13.2. The van der Waals surface area contributed by atoms with Gasteiger partial charge in [0, 0.05) is 0 Å². The minimum Gasteiger partial charge on any atom is -0.394 e. The molecule has 0 spiro atoms. The molecule has 1 aliphatic heterocycles. The van der Waals surface area contributed by atoms with Crippen LogP contribution in [0.15, 0.2) is 84.9 Å². The lowest BCUT2D eigenvalue weighted by molar-refractivity contribution is -0.127. The van der Waals surface area contributed by atoms with Gasteiger partial charge in [0.15, 0.2) is 0 Å². The van der Waals surface area contributed by atoms with Gasteiger partial charge < -0.3 is 15.2 Å². The van der Waals surface area contributed by atoms with Crippen molar-refractivity contribution in [1.29, 1.82) is 0 Å². The number of rotatable bonds is 10. The fourth-order valence-electron chi connectivity index (χ4n) is 4.01. The highest BCUT2D eigenvalue weighted by molar-refractivity contribution is 6.22. The molecule has 0 aliphatic carbocycles. The molecule has 2 atom stereocenters. The Bertz CT molecular complexity index is 1110. The first-order valence-electron chi connectivity index (χ1n) is 11.1. The van der Waals surface area contributed by atoms with Crippen molar-refractivity contribution in [1.82, 2.24) is 10.2 Å². The van der Waals surface area contributed by atoms with Crippen molar-refractivity contribution in [3.63, 3.8) is 0 Å². The van der Waals surface area contributed by atoms with E-state index in [1.165, 1.54) is 12.1 Å². The van der Waals surface area contributed by atoms with Gasteiger partial charge in [-0.15, -0.1) is 0 Å². The molecule has 3 amide bonds. The molecule has 0 fully saturated rings. The summed E-state index contributed by atoms with van der Waals surface area (Å²) in [6.45, 7) is -0.0835. The van der Waals surface area contributed by atoms with Crippen molar-refractivity contribution in [2.24, 2.45) is 0 Å². The van der Waals surface area contributed by atoms with E-state index < -0.39 is 36.4 Å². The number of hydrogen-bond acceptors (Lipinski definition) is 5. The molecule has 1 heterocycles. The van der Waals surface area contributed by atoms with Crippen molar-refractivity contribution in [2.75, 3.05) is 13.2 Å². The van der Waals surface area contributed by atoms with Crippen LogP contribution < -0.4 is 5.32 Å². The van der Waals surface area contributed by atoms with Crippen LogP contribution in [-0.4, -0.2) is 53.0 Å². The summed E-state index contributed by atoms with van der Waals surface area (Å²) in [5.74, 6) is -1.79. The molecule has 0 saturated carbocycles. The molecule has 2 N–H and O–H groups in total. The van der Waals surface area contributed by atoms with E-state index in [4.69, 9.17) is 4.74 Å². The highest BCUT2D eigenvalue weighted by Gasteiger charge is 2.42. The molecule has 1 aliphatic rings. The summed E-state index contributed by atoms with van der Waals surface area (Å²) in [5.41, 5.74) is 2.46. The minimum atomic E-state index is -1.33. The van der Waals surface area contributed by atoms with Crippen LogP contribution in [0.3, 0.4) is 0 Å². The van der Waals surface area contributed by atoms with Gasteiger partial charge >= 0.3 is 0 Å². The highest BCUT2D eigenvalue weighted by atomic mass is 16.5. The molecular weight excluding hydrogens is 432 g/mol. The third-order valence-corrected chi connectivity index (χ3v) is 5.71. The van der Waals surface area contributed by atoms with E-state index in [0.717, 1.165) is 16.0 Å². The Balaban J connectivity index is 1.47. The standard InChI is InChI=1S/C27H26N2O5/c30-16-24(29-26(32)22-13-7-8-14-23(22)27(29)33)25(31)28-21(15-19-9-3-1-4-10-19)18-34-17-20-11-5-2-6-12-20/h1-14,21,24,30H,15-18H2,(H,28,31)/t21-,24-/m0/s1. The number of nitrogens with one attached hydrogen (secondary N) is 1. The van der Waals surface area contributed by atoms with Crippen molar-refractivity contribution in [2.45, 2.75) is 25.1 Å². The lowest BCUT2D eigenvalue weighted by Gasteiger charge is -2.26. The third-order valence-electron chi connectivity index (χ3n) is 5.71. The quantitative estimate of drug-likeness (QED) is 0.456. The van der Waals surface area contributed by atoms with Gasteiger partial charge in [0.25, 0.3) is 11.8 Å². The maximum Gasteiger partial charge on any atom is 0.262 e. The number of nitrogens with zero attached hydrogens (tertiary/aromatic N) is 1. The SMILES string of the molecule is O=C(N[C@H](COCc1ccccc1)Cc1ccccc1)[C@H](CO)N1C(=O)c2ccccc2C1=O. The number of carbonyl (C=O) groups is 3. The summed E-state index contributed by atoms with van der Waals surface area (Å²) in [4.78, 5) is 39.6. The van der Waals surface area contributed by atoms with Crippen molar-refractivity contribution in [3.05, 3.63) is 107 Å². The zero-order valence-electron chi connectivity index (χ0n) is 18.6. The molecule has 0 unspecified atom stereocenters. The van der Waals surface area contributed by atoms with Gasteiger partial charge in [0.1, 0.15) is 6.04 Å². The number of ether oxygens (including phenoxy) is 1. The maximum atomic E-state index is 13.2. The Morgan fingerprint density at radius 3 is 1.91 bits per heavy atom. The van der Waals surface area contributed by atoms with E-state index in [-0.39, 0.29) is 17.7 Å². The fraction of sp³-hybridized carbons (Fsp3) is 0.222. The van der Waals surface area contributed by atoms with E-state index in [1.54, 1.807) is 12.1 Å². The summed E-state index contributed by atoms with van der Waals surface area (Å²) in [6.07, 6.45) is 0.488. The predicted octanol–water partition coefficient (Wildman–Crippen LogP) is 2.59. The molecule has 3 aromatic rings. The predicted molar refractivity (Wildman–Crippen MR) is 126 cm³/mol. The molecule has 0 radical (unpaired) electrons. The van der Waals surface area contributed by atoms with Gasteiger partial charge in [0.05, 0.1) is 37.0 Å². The van der Waals surface area contributed by atoms with Gasteiger partial charge in [0.2, 0.25) is 5.91 Å². The van der Waals surface area contributed by atoms with E-state index in [0.29, 0.717) is 13.0 Å². The van der Waals surface area contributed by atoms with Gasteiger partial charge in [-0.3, -0.25) is 19.3 Å². The molecule has 3 aromatic carbocycles. The van der Waals surface area contributed by atoms with Gasteiger partial charge in [-0.05, 0) is 29.7 Å². The summed E-state index contributed by atoms with van der Waals surface area (Å²) in [7, 11) is 0. The number of imide groups is 1. The average Bonchev–Trinajstić information content (AvgIpc) is 3.11. The Hall–Kier alpha value is -3.81. The van der Waals surface area contributed by atoms with Crippen LogP contribution in [0.25, 0.3) is 0 Å². The number of hydrogen-bond donors (Lipinski definition) is 2. The number of benzene rings is 3. The lowest BCUT2D eigenvalue weighted by Crippen LogP contribution is -2.54. The van der Waals surface area contributed by atoms with Crippen LogP contribution in [0.1, 0.15) is 31.8 Å². The van der Waals surface area contributed by atoms with E-state index in [1.807, 2.05) is 60.7 Å². The number of aliphatic hydroxyl groups excluding tert-OH is 1. The summed E-state index contributed by atoms with van der Waals surface area (Å²) in [5, 5.41) is 12.8. The minimum absolute atomic E-state index is 0.218. The number of fused-ring (bicyclic) bond motifs is 1. The summed E-state index contributed by atoms with van der Waals surface area (Å²) in [6, 6.07) is 23.9. The molecule has 7 heteroatoms. The normalized spacial score (nSPS) is 14.6. The van der Waals surface area contributed by atoms with E-state index >= 15 is 0 Å². The lowest BCUT2D eigenvalue weighted by atomic mass is 10.1. The van der Waals surface area contributed by atoms with Crippen LogP contribution in [0.5, 0.6) is 0 Å². The zero-order valence-corrected chi connectivity index (χ0v) is 18.6. The number of amides is 3. The molecule has 0 saturated heterocycles. The van der Waals surface area contributed by atoms with Crippen LogP contribution in [0, 0.1) is 0 Å². The number of aliphatic hydroxyl groups is 1. The first-order valence-corrected chi connectivity index (χ1v) is 11.1. The molecule has 4 rings (SSSR count). The van der Waals surface area contributed by atoms with Crippen LogP contribution in [-0.2, 0) is 22.6 Å².